The maximum absolute atomic E-state index is 10.4. The van der Waals surface area contributed by atoms with Crippen LogP contribution in [0.2, 0.25) is 0 Å². The molecule has 1 aliphatic rings. The van der Waals surface area contributed by atoms with Crippen molar-refractivity contribution in [3.63, 3.8) is 0 Å². The second kappa shape index (κ2) is 12.5. The zero-order chi connectivity index (χ0) is 13.4. The quantitative estimate of drug-likeness (QED) is 0.682. The normalized spacial score (nSPS) is 12.8. The van der Waals surface area contributed by atoms with Crippen molar-refractivity contribution in [3.8, 4) is 0 Å². The average molecular weight is 309 g/mol. The van der Waals surface area contributed by atoms with Crippen LogP contribution in [0.25, 0.3) is 0 Å². The third-order valence-electron chi connectivity index (χ3n) is 2.56. The molecule has 20 heavy (non-hydrogen) atoms. The Morgan fingerprint density at radius 2 is 1.40 bits per heavy atom. The Kier molecular flexibility index (Phi) is 13.7. The molecule has 0 amide bonds. The molecule has 1 aromatic rings. The molecule has 6 nitrogen and oxygen atoms in total. The molecular weight excluding hydrogens is 289 g/mol. The summed E-state index contributed by atoms with van der Waals surface area (Å²) >= 11 is 0. The van der Waals surface area contributed by atoms with Gasteiger partial charge in [-0.05, 0) is 44.1 Å². The minimum atomic E-state index is -1.13. The zero-order valence-electron chi connectivity index (χ0n) is 10.6. The minimum absolute atomic E-state index is 0. The van der Waals surface area contributed by atoms with Crippen LogP contribution in [0.5, 0.6) is 0 Å². The van der Waals surface area contributed by atoms with E-state index in [9.17, 15) is 9.59 Å². The third kappa shape index (κ3) is 8.80. The van der Waals surface area contributed by atoms with Gasteiger partial charge in [-0.15, -0.1) is 0 Å². The topological polar surface area (TPSA) is 118 Å². The van der Waals surface area contributed by atoms with Crippen molar-refractivity contribution in [2.24, 2.45) is 0 Å². The molecule has 0 atom stereocenters. The van der Waals surface area contributed by atoms with Crippen molar-refractivity contribution >= 4 is 63.3 Å². The molecule has 7 heteroatoms. The summed E-state index contributed by atoms with van der Waals surface area (Å²) < 4.78 is 0. The van der Waals surface area contributed by atoms with Crippen molar-refractivity contribution < 1.29 is 25.3 Å². The standard InChI is InChI=1S/C8H6O4.C5H11N.K.H2O.H/c9-7(10)5-2-1-3-6(4-5)8(11)12;1-2-4-6-5-3-1;;;/h1-4H,(H,9,10)(H,11,12);6H,1-5H2;;1H2;. The van der Waals surface area contributed by atoms with Crippen LogP contribution in [0.4, 0.5) is 0 Å². The number of hydrogen-bond acceptors (Lipinski definition) is 3. The fourth-order valence-corrected chi connectivity index (χ4v) is 1.59. The van der Waals surface area contributed by atoms with Gasteiger partial charge in [0.05, 0.1) is 11.1 Å². The van der Waals surface area contributed by atoms with Crippen LogP contribution < -0.4 is 5.32 Å². The van der Waals surface area contributed by atoms with Crippen LogP contribution in [0.15, 0.2) is 24.3 Å². The number of carboxylic acid groups (broad SMARTS) is 2. The Morgan fingerprint density at radius 3 is 1.65 bits per heavy atom. The molecule has 0 aliphatic carbocycles. The number of carboxylic acids is 2. The molecule has 1 aromatic carbocycles. The van der Waals surface area contributed by atoms with Crippen LogP contribution >= 0.6 is 0 Å². The van der Waals surface area contributed by atoms with E-state index in [2.05, 4.69) is 5.32 Å². The van der Waals surface area contributed by atoms with Crippen molar-refractivity contribution in [2.45, 2.75) is 19.3 Å². The Hall–Kier alpha value is -0.284. The summed E-state index contributed by atoms with van der Waals surface area (Å²) in [6.45, 7) is 2.50. The van der Waals surface area contributed by atoms with Gasteiger partial charge in [-0.1, -0.05) is 12.5 Å². The van der Waals surface area contributed by atoms with Gasteiger partial charge in [0, 0.05) is 0 Å². The Labute approximate surface area is 160 Å². The number of rotatable bonds is 2. The summed E-state index contributed by atoms with van der Waals surface area (Å²) in [7, 11) is 0. The van der Waals surface area contributed by atoms with Gasteiger partial charge >= 0.3 is 63.3 Å². The van der Waals surface area contributed by atoms with Crippen molar-refractivity contribution in [2.75, 3.05) is 13.1 Å². The summed E-state index contributed by atoms with van der Waals surface area (Å²) in [6.07, 6.45) is 4.22. The van der Waals surface area contributed by atoms with E-state index in [0.29, 0.717) is 0 Å². The van der Waals surface area contributed by atoms with Crippen LogP contribution in [0.1, 0.15) is 40.0 Å². The average Bonchev–Trinajstić information content (AvgIpc) is 2.41. The Balaban J connectivity index is 0. The van der Waals surface area contributed by atoms with E-state index in [1.807, 2.05) is 0 Å². The molecule has 0 saturated carbocycles. The van der Waals surface area contributed by atoms with E-state index < -0.39 is 11.9 Å². The van der Waals surface area contributed by atoms with Gasteiger partial charge in [-0.25, -0.2) is 9.59 Å². The first kappa shape index (κ1) is 22.0. The monoisotopic (exact) mass is 309 g/mol. The van der Waals surface area contributed by atoms with Gasteiger partial charge in [0.1, 0.15) is 0 Å². The van der Waals surface area contributed by atoms with Gasteiger partial charge in [0.2, 0.25) is 0 Å². The zero-order valence-corrected chi connectivity index (χ0v) is 10.6. The summed E-state index contributed by atoms with van der Waals surface area (Å²) in [5.74, 6) is -2.25. The van der Waals surface area contributed by atoms with E-state index >= 15 is 0 Å². The van der Waals surface area contributed by atoms with Gasteiger partial charge in [-0.2, -0.15) is 0 Å². The van der Waals surface area contributed by atoms with Crippen LogP contribution in [-0.4, -0.2) is 92.1 Å². The van der Waals surface area contributed by atoms with Gasteiger partial charge in [0.15, 0.2) is 0 Å². The molecule has 0 radical (unpaired) electrons. The number of hydrogen-bond donors (Lipinski definition) is 3. The molecule has 1 fully saturated rings. The molecule has 108 valence electrons. The predicted octanol–water partition coefficient (Wildman–Crippen LogP) is 0.370. The van der Waals surface area contributed by atoms with Crippen LogP contribution in [0, 0.1) is 0 Å². The molecule has 1 aliphatic heterocycles. The number of nitrogens with one attached hydrogen (secondary N) is 1. The van der Waals surface area contributed by atoms with E-state index in [-0.39, 0.29) is 68.0 Å². The first-order valence-electron chi connectivity index (χ1n) is 5.88. The number of piperidine rings is 1. The summed E-state index contributed by atoms with van der Waals surface area (Å²) in [5.41, 5.74) is -0.0372. The van der Waals surface area contributed by atoms with Crippen molar-refractivity contribution in [1.82, 2.24) is 5.32 Å². The molecule has 0 unspecified atom stereocenters. The van der Waals surface area contributed by atoms with E-state index in [1.165, 1.54) is 50.6 Å². The molecule has 0 aromatic heterocycles. The number of carbonyl (C=O) groups is 2. The maximum atomic E-state index is 10.4. The molecule has 5 N–H and O–H groups in total. The Bertz CT molecular complexity index is 380. The fraction of sp³-hybridized carbons (Fsp3) is 0.385. The summed E-state index contributed by atoms with van der Waals surface area (Å²) in [4.78, 5) is 20.8. The molecular formula is C13H20KNO5. The second-order valence-corrected chi connectivity index (χ2v) is 4.00. The SMILES string of the molecule is C1CCNCC1.O.O=C(O)c1cccc(C(=O)O)c1.[KH]. The first-order chi connectivity index (χ1) is 8.61. The molecule has 1 saturated heterocycles. The van der Waals surface area contributed by atoms with Crippen molar-refractivity contribution in [1.29, 1.82) is 0 Å². The van der Waals surface area contributed by atoms with E-state index in [0.717, 1.165) is 6.07 Å². The van der Waals surface area contributed by atoms with E-state index in [1.54, 1.807) is 0 Å². The molecule has 0 bridgehead atoms. The van der Waals surface area contributed by atoms with Crippen LogP contribution in [-0.2, 0) is 0 Å². The summed E-state index contributed by atoms with van der Waals surface area (Å²) in [6, 6.07) is 5.20. The van der Waals surface area contributed by atoms with E-state index in [4.69, 9.17) is 10.2 Å². The van der Waals surface area contributed by atoms with Crippen molar-refractivity contribution in [3.05, 3.63) is 35.4 Å². The van der Waals surface area contributed by atoms with Gasteiger partial charge in [-0.3, -0.25) is 0 Å². The van der Waals surface area contributed by atoms with Crippen LogP contribution in [0.3, 0.4) is 0 Å². The number of benzene rings is 1. The fourth-order valence-electron chi connectivity index (χ4n) is 1.59. The Morgan fingerprint density at radius 1 is 0.950 bits per heavy atom. The molecule has 0 spiro atoms. The van der Waals surface area contributed by atoms with Gasteiger partial charge < -0.3 is 21.0 Å². The second-order valence-electron chi connectivity index (χ2n) is 4.00. The summed E-state index contributed by atoms with van der Waals surface area (Å²) in [5, 5.41) is 20.3. The van der Waals surface area contributed by atoms with Gasteiger partial charge in [0.25, 0.3) is 0 Å². The predicted molar refractivity (Wildman–Crippen MR) is 77.8 cm³/mol. The first-order valence-corrected chi connectivity index (χ1v) is 5.88. The molecule has 2 rings (SSSR count). The third-order valence-corrected chi connectivity index (χ3v) is 2.56. The number of aromatic carboxylic acids is 2. The molecule has 1 heterocycles.